The van der Waals surface area contributed by atoms with Gasteiger partial charge in [0.1, 0.15) is 0 Å². The number of amides is 1. The molecule has 0 aliphatic rings. The topological polar surface area (TPSA) is 40.5 Å². The number of carbonyl (C=O) groups is 1. The van der Waals surface area contributed by atoms with Crippen LogP contribution in [0.5, 0.6) is 0 Å². The minimum Gasteiger partial charge on any atom is -0.392 e. The molecule has 0 bridgehead atoms. The van der Waals surface area contributed by atoms with Crippen molar-refractivity contribution >= 4 is 21.8 Å². The first kappa shape index (κ1) is 15.2. The van der Waals surface area contributed by atoms with Crippen LogP contribution < -0.4 is 0 Å². The number of aliphatic hydroxyl groups is 1. The lowest BCUT2D eigenvalue weighted by atomic mass is 10.1. The number of nitrogens with zero attached hydrogens (tertiary/aromatic N) is 1. The second-order valence-corrected chi connectivity index (χ2v) is 5.71. The second kappa shape index (κ2) is 6.90. The van der Waals surface area contributed by atoms with E-state index in [-0.39, 0.29) is 11.9 Å². The zero-order chi connectivity index (χ0) is 13.7. The molecule has 1 aromatic carbocycles. The van der Waals surface area contributed by atoms with Gasteiger partial charge in [0.15, 0.2) is 0 Å². The summed E-state index contributed by atoms with van der Waals surface area (Å²) < 4.78 is 0.972. The molecule has 0 aromatic heterocycles. The normalized spacial score (nSPS) is 12.6. The Labute approximate surface area is 117 Å². The summed E-state index contributed by atoms with van der Waals surface area (Å²) >= 11 is 3.39. The third kappa shape index (κ3) is 4.78. The van der Waals surface area contributed by atoms with Crippen LogP contribution in [-0.4, -0.2) is 34.6 Å². The number of benzene rings is 1. The van der Waals surface area contributed by atoms with Gasteiger partial charge in [-0.15, -0.1) is 0 Å². The lowest BCUT2D eigenvalue weighted by Gasteiger charge is -2.28. The van der Waals surface area contributed by atoms with E-state index in [2.05, 4.69) is 15.9 Å². The molecule has 4 heteroatoms. The summed E-state index contributed by atoms with van der Waals surface area (Å²) in [5.41, 5.74) is 0.977. The summed E-state index contributed by atoms with van der Waals surface area (Å²) in [6.07, 6.45) is -0.136. The Kier molecular flexibility index (Phi) is 5.82. The number of halogens is 1. The molecule has 1 atom stereocenters. The van der Waals surface area contributed by atoms with E-state index in [0.29, 0.717) is 13.0 Å². The first-order valence-corrected chi connectivity index (χ1v) is 6.91. The Hall–Kier alpha value is -0.870. The Morgan fingerprint density at radius 1 is 1.39 bits per heavy atom. The van der Waals surface area contributed by atoms with Crippen molar-refractivity contribution in [3.63, 3.8) is 0 Å². The maximum atomic E-state index is 12.2. The fraction of sp³-hybridized carbons (Fsp3) is 0.500. The maximum Gasteiger partial charge on any atom is 0.227 e. The fourth-order valence-electron chi connectivity index (χ4n) is 1.81. The smallest absolute Gasteiger partial charge is 0.227 e. The van der Waals surface area contributed by atoms with E-state index < -0.39 is 6.10 Å². The maximum absolute atomic E-state index is 12.2. The quantitative estimate of drug-likeness (QED) is 0.907. The van der Waals surface area contributed by atoms with Gasteiger partial charge in [-0.1, -0.05) is 28.1 Å². The van der Waals surface area contributed by atoms with Crippen molar-refractivity contribution < 1.29 is 9.90 Å². The first-order chi connectivity index (χ1) is 8.40. The van der Waals surface area contributed by atoms with Crippen molar-refractivity contribution in [3.8, 4) is 0 Å². The van der Waals surface area contributed by atoms with Gasteiger partial charge in [-0.3, -0.25) is 4.79 Å². The van der Waals surface area contributed by atoms with Crippen molar-refractivity contribution in [2.75, 3.05) is 6.54 Å². The molecule has 1 N–H and O–H groups in total. The lowest BCUT2D eigenvalue weighted by Crippen LogP contribution is -2.42. The number of hydrogen-bond donors (Lipinski definition) is 1. The van der Waals surface area contributed by atoms with Crippen LogP contribution in [0.4, 0.5) is 0 Å². The molecule has 1 aromatic rings. The van der Waals surface area contributed by atoms with Crippen LogP contribution in [0.25, 0.3) is 0 Å². The molecule has 0 radical (unpaired) electrons. The molecule has 0 spiro atoms. The van der Waals surface area contributed by atoms with Crippen molar-refractivity contribution in [1.29, 1.82) is 0 Å². The van der Waals surface area contributed by atoms with Crippen LogP contribution in [0.3, 0.4) is 0 Å². The minimum absolute atomic E-state index is 0.0454. The SMILES string of the molecule is CC(O)CN(C(=O)Cc1cccc(Br)c1)C(C)C. The van der Waals surface area contributed by atoms with Crippen LogP contribution in [0.2, 0.25) is 0 Å². The van der Waals surface area contributed by atoms with Gasteiger partial charge in [-0.25, -0.2) is 0 Å². The van der Waals surface area contributed by atoms with Gasteiger partial charge in [0.2, 0.25) is 5.91 Å². The van der Waals surface area contributed by atoms with E-state index >= 15 is 0 Å². The summed E-state index contributed by atoms with van der Waals surface area (Å²) in [7, 11) is 0. The Morgan fingerprint density at radius 2 is 2.06 bits per heavy atom. The Bertz CT molecular complexity index is 405. The zero-order valence-electron chi connectivity index (χ0n) is 11.1. The van der Waals surface area contributed by atoms with Crippen LogP contribution >= 0.6 is 15.9 Å². The minimum atomic E-state index is -0.501. The van der Waals surface area contributed by atoms with Crippen molar-refractivity contribution in [1.82, 2.24) is 4.90 Å². The van der Waals surface area contributed by atoms with Gasteiger partial charge in [-0.2, -0.15) is 0 Å². The number of aliphatic hydroxyl groups excluding tert-OH is 1. The Morgan fingerprint density at radius 3 is 2.56 bits per heavy atom. The van der Waals surface area contributed by atoms with Crippen molar-refractivity contribution in [2.45, 2.75) is 39.3 Å². The van der Waals surface area contributed by atoms with Gasteiger partial charge in [0.25, 0.3) is 0 Å². The van der Waals surface area contributed by atoms with Crippen LogP contribution in [0, 0.1) is 0 Å². The molecule has 18 heavy (non-hydrogen) atoms. The van der Waals surface area contributed by atoms with Gasteiger partial charge < -0.3 is 10.0 Å². The average molecular weight is 314 g/mol. The molecule has 0 heterocycles. The average Bonchev–Trinajstić information content (AvgIpc) is 2.25. The zero-order valence-corrected chi connectivity index (χ0v) is 12.6. The van der Waals surface area contributed by atoms with Crippen LogP contribution in [0.1, 0.15) is 26.3 Å². The molecule has 0 saturated heterocycles. The fourth-order valence-corrected chi connectivity index (χ4v) is 2.26. The summed E-state index contributed by atoms with van der Waals surface area (Å²) in [4.78, 5) is 13.9. The van der Waals surface area contributed by atoms with Crippen molar-refractivity contribution in [2.24, 2.45) is 0 Å². The highest BCUT2D eigenvalue weighted by molar-refractivity contribution is 9.10. The van der Waals surface area contributed by atoms with Gasteiger partial charge in [-0.05, 0) is 38.5 Å². The van der Waals surface area contributed by atoms with E-state index in [0.717, 1.165) is 10.0 Å². The number of rotatable bonds is 5. The highest BCUT2D eigenvalue weighted by atomic mass is 79.9. The molecular formula is C14H20BrNO2. The molecule has 1 unspecified atom stereocenters. The highest BCUT2D eigenvalue weighted by Crippen LogP contribution is 2.13. The third-order valence-corrected chi connectivity index (χ3v) is 3.14. The predicted molar refractivity (Wildman–Crippen MR) is 76.4 cm³/mol. The predicted octanol–water partition coefficient (Wildman–Crippen LogP) is 2.61. The number of hydrogen-bond acceptors (Lipinski definition) is 2. The monoisotopic (exact) mass is 313 g/mol. The van der Waals surface area contributed by atoms with E-state index in [1.165, 1.54) is 0 Å². The Balaban J connectivity index is 2.72. The van der Waals surface area contributed by atoms with Gasteiger partial charge >= 0.3 is 0 Å². The van der Waals surface area contributed by atoms with Crippen LogP contribution in [0.15, 0.2) is 28.7 Å². The summed E-state index contributed by atoms with van der Waals surface area (Å²) in [5.74, 6) is 0.0454. The van der Waals surface area contributed by atoms with E-state index in [1.54, 1.807) is 11.8 Å². The molecule has 1 rings (SSSR count). The molecular weight excluding hydrogens is 294 g/mol. The summed E-state index contributed by atoms with van der Waals surface area (Å²) in [6, 6.07) is 7.83. The third-order valence-electron chi connectivity index (χ3n) is 2.65. The largest absolute Gasteiger partial charge is 0.392 e. The first-order valence-electron chi connectivity index (χ1n) is 6.12. The molecule has 100 valence electrons. The van der Waals surface area contributed by atoms with E-state index in [1.807, 2.05) is 38.1 Å². The lowest BCUT2D eigenvalue weighted by molar-refractivity contribution is -0.133. The molecule has 0 aliphatic carbocycles. The van der Waals surface area contributed by atoms with E-state index in [4.69, 9.17) is 0 Å². The van der Waals surface area contributed by atoms with E-state index in [9.17, 15) is 9.90 Å². The molecule has 1 amide bonds. The van der Waals surface area contributed by atoms with Gasteiger partial charge in [0.05, 0.1) is 12.5 Å². The molecule has 0 fully saturated rings. The highest BCUT2D eigenvalue weighted by Gasteiger charge is 2.18. The summed E-state index contributed by atoms with van der Waals surface area (Å²) in [5, 5.41) is 9.43. The van der Waals surface area contributed by atoms with Crippen LogP contribution in [-0.2, 0) is 11.2 Å². The number of carbonyl (C=O) groups excluding carboxylic acids is 1. The van der Waals surface area contributed by atoms with Crippen molar-refractivity contribution in [3.05, 3.63) is 34.3 Å². The molecule has 3 nitrogen and oxygen atoms in total. The standard InChI is InChI=1S/C14H20BrNO2/c1-10(2)16(9-11(3)17)14(18)8-12-5-4-6-13(15)7-12/h4-7,10-11,17H,8-9H2,1-3H3. The summed E-state index contributed by atoms with van der Waals surface area (Å²) in [6.45, 7) is 5.99. The second-order valence-electron chi connectivity index (χ2n) is 4.80. The molecule has 0 aliphatic heterocycles. The molecule has 0 saturated carbocycles. The van der Waals surface area contributed by atoms with Gasteiger partial charge in [0, 0.05) is 17.1 Å².